The fraction of sp³-hybridized carbons (Fsp3) is 0.273. The molecule has 0 aliphatic carbocycles. The molecular weight excluding hydrogens is 214 g/mol. The van der Waals surface area contributed by atoms with Crippen LogP contribution in [0.3, 0.4) is 0 Å². The van der Waals surface area contributed by atoms with E-state index in [2.05, 4.69) is 16.3 Å². The Balaban J connectivity index is 3.27. The molecule has 0 atom stereocenters. The maximum Gasteiger partial charge on any atom is 0.339 e. The number of methoxy groups -OCH3 is 1. The van der Waals surface area contributed by atoms with E-state index in [1.807, 2.05) is 0 Å². The Hall–Kier alpha value is -1.35. The quantitative estimate of drug-likeness (QED) is 0.451. The van der Waals surface area contributed by atoms with Gasteiger partial charge in [-0.1, -0.05) is 17.7 Å². The van der Waals surface area contributed by atoms with Crippen molar-refractivity contribution in [1.29, 1.82) is 0 Å². The van der Waals surface area contributed by atoms with Crippen LogP contribution in [-0.2, 0) is 11.2 Å². The number of allylic oxidation sites excluding steroid dienone is 1. The number of halogens is 1. The molecule has 1 rings (SSSR count). The van der Waals surface area contributed by atoms with Gasteiger partial charge in [0.1, 0.15) is 5.15 Å². The van der Waals surface area contributed by atoms with Crippen LogP contribution in [0.2, 0.25) is 5.15 Å². The van der Waals surface area contributed by atoms with E-state index in [-0.39, 0.29) is 0 Å². The van der Waals surface area contributed by atoms with Crippen molar-refractivity contribution in [2.75, 3.05) is 7.11 Å². The molecule has 80 valence electrons. The summed E-state index contributed by atoms with van der Waals surface area (Å²) >= 11 is 5.87. The largest absolute Gasteiger partial charge is 0.465 e. The first-order valence-corrected chi connectivity index (χ1v) is 4.83. The Morgan fingerprint density at radius 3 is 2.93 bits per heavy atom. The summed E-state index contributed by atoms with van der Waals surface area (Å²) in [5.74, 6) is -0.404. The Morgan fingerprint density at radius 1 is 1.73 bits per heavy atom. The summed E-state index contributed by atoms with van der Waals surface area (Å²) in [6.07, 6.45) is 2.16. The van der Waals surface area contributed by atoms with Crippen LogP contribution in [0.25, 0.3) is 0 Å². The third kappa shape index (κ3) is 2.57. The van der Waals surface area contributed by atoms with Crippen molar-refractivity contribution in [2.24, 2.45) is 0 Å². The van der Waals surface area contributed by atoms with Crippen molar-refractivity contribution in [3.8, 4) is 0 Å². The van der Waals surface area contributed by atoms with Gasteiger partial charge >= 0.3 is 5.97 Å². The predicted molar refractivity (Wildman–Crippen MR) is 59.2 cm³/mol. The zero-order valence-electron chi connectivity index (χ0n) is 8.71. The van der Waals surface area contributed by atoms with Gasteiger partial charge in [-0.2, -0.15) is 0 Å². The summed E-state index contributed by atoms with van der Waals surface area (Å²) < 4.78 is 4.66. The molecule has 1 aromatic heterocycles. The first-order valence-electron chi connectivity index (χ1n) is 4.45. The number of hydrogen-bond acceptors (Lipinski definition) is 3. The highest BCUT2D eigenvalue weighted by molar-refractivity contribution is 6.30. The third-order valence-electron chi connectivity index (χ3n) is 1.97. The highest BCUT2D eigenvalue weighted by atomic mass is 35.5. The van der Waals surface area contributed by atoms with E-state index in [4.69, 9.17) is 11.6 Å². The molecule has 0 unspecified atom stereocenters. The summed E-state index contributed by atoms with van der Waals surface area (Å²) in [4.78, 5) is 15.6. The number of ether oxygens (including phenoxy) is 1. The summed E-state index contributed by atoms with van der Waals surface area (Å²) in [7, 11) is 1.34. The number of carbonyl (C=O) groups excluding carboxylic acids is 1. The summed E-state index contributed by atoms with van der Waals surface area (Å²) in [5, 5.41) is 0.402. The Kier molecular flexibility index (Phi) is 3.86. The Morgan fingerprint density at radius 2 is 2.40 bits per heavy atom. The molecule has 0 fully saturated rings. The minimum atomic E-state index is -0.404. The molecule has 1 aromatic rings. The SMILES string of the molecule is C=CCc1nc(Cl)c(C)cc1C(=O)OC. The molecule has 15 heavy (non-hydrogen) atoms. The maximum atomic E-state index is 11.4. The van der Waals surface area contributed by atoms with Gasteiger partial charge in [0.15, 0.2) is 0 Å². The van der Waals surface area contributed by atoms with E-state index < -0.39 is 5.97 Å². The number of hydrogen-bond donors (Lipinski definition) is 0. The van der Waals surface area contributed by atoms with Crippen LogP contribution >= 0.6 is 11.6 Å². The Bertz CT molecular complexity index is 402. The van der Waals surface area contributed by atoms with E-state index in [9.17, 15) is 4.79 Å². The molecule has 0 saturated heterocycles. The normalized spacial score (nSPS) is 9.80. The fourth-order valence-corrected chi connectivity index (χ4v) is 1.36. The van der Waals surface area contributed by atoms with E-state index in [0.717, 1.165) is 5.56 Å². The molecule has 0 aromatic carbocycles. The lowest BCUT2D eigenvalue weighted by Crippen LogP contribution is -2.08. The first kappa shape index (κ1) is 11.7. The van der Waals surface area contributed by atoms with E-state index in [1.54, 1.807) is 19.1 Å². The van der Waals surface area contributed by atoms with Crippen LogP contribution in [0, 0.1) is 6.92 Å². The van der Waals surface area contributed by atoms with Crippen LogP contribution in [0.4, 0.5) is 0 Å². The number of pyridine rings is 1. The van der Waals surface area contributed by atoms with E-state index in [0.29, 0.717) is 22.8 Å². The smallest absolute Gasteiger partial charge is 0.339 e. The topological polar surface area (TPSA) is 39.2 Å². The van der Waals surface area contributed by atoms with Gasteiger partial charge in [0.05, 0.1) is 18.4 Å². The molecule has 0 N–H and O–H groups in total. The van der Waals surface area contributed by atoms with Gasteiger partial charge in [-0.3, -0.25) is 0 Å². The molecule has 0 bridgehead atoms. The highest BCUT2D eigenvalue weighted by Gasteiger charge is 2.14. The van der Waals surface area contributed by atoms with Gasteiger partial charge in [0.2, 0.25) is 0 Å². The second-order valence-electron chi connectivity index (χ2n) is 3.07. The van der Waals surface area contributed by atoms with Crippen molar-refractivity contribution in [3.05, 3.63) is 40.7 Å². The van der Waals surface area contributed by atoms with Crippen molar-refractivity contribution >= 4 is 17.6 Å². The molecule has 3 nitrogen and oxygen atoms in total. The minimum absolute atomic E-state index is 0.402. The lowest BCUT2D eigenvalue weighted by Gasteiger charge is -2.07. The highest BCUT2D eigenvalue weighted by Crippen LogP contribution is 2.18. The Labute approximate surface area is 93.7 Å². The lowest BCUT2D eigenvalue weighted by molar-refractivity contribution is 0.0599. The molecule has 0 saturated carbocycles. The van der Waals surface area contributed by atoms with Gasteiger partial charge in [-0.15, -0.1) is 6.58 Å². The standard InChI is InChI=1S/C11H12ClNO2/c1-4-5-9-8(11(14)15-3)6-7(2)10(12)13-9/h4,6H,1,5H2,2-3H3. The van der Waals surface area contributed by atoms with Crippen molar-refractivity contribution in [1.82, 2.24) is 4.98 Å². The van der Waals surface area contributed by atoms with Gasteiger partial charge in [-0.05, 0) is 18.6 Å². The zero-order chi connectivity index (χ0) is 11.4. The average molecular weight is 226 g/mol. The number of aryl methyl sites for hydroxylation is 1. The molecule has 0 aliphatic heterocycles. The van der Waals surface area contributed by atoms with Crippen LogP contribution < -0.4 is 0 Å². The molecule has 4 heteroatoms. The number of carbonyl (C=O) groups is 1. The minimum Gasteiger partial charge on any atom is -0.465 e. The number of aromatic nitrogens is 1. The third-order valence-corrected chi connectivity index (χ3v) is 2.36. The van der Waals surface area contributed by atoms with Crippen LogP contribution in [0.1, 0.15) is 21.6 Å². The van der Waals surface area contributed by atoms with Crippen LogP contribution in [0.15, 0.2) is 18.7 Å². The molecular formula is C11H12ClNO2. The number of esters is 1. The molecule has 1 heterocycles. The predicted octanol–water partition coefficient (Wildman–Crippen LogP) is 2.56. The molecule has 0 aliphatic rings. The van der Waals surface area contributed by atoms with E-state index >= 15 is 0 Å². The summed E-state index contributed by atoms with van der Waals surface area (Å²) in [6, 6.07) is 1.68. The van der Waals surface area contributed by atoms with Crippen molar-refractivity contribution in [3.63, 3.8) is 0 Å². The maximum absolute atomic E-state index is 11.4. The molecule has 0 amide bonds. The van der Waals surface area contributed by atoms with E-state index in [1.165, 1.54) is 7.11 Å². The second kappa shape index (κ2) is 4.94. The van der Waals surface area contributed by atoms with Crippen molar-refractivity contribution < 1.29 is 9.53 Å². The van der Waals surface area contributed by atoms with Crippen molar-refractivity contribution in [2.45, 2.75) is 13.3 Å². The van der Waals surface area contributed by atoms with Crippen LogP contribution in [-0.4, -0.2) is 18.1 Å². The van der Waals surface area contributed by atoms with Gasteiger partial charge < -0.3 is 4.74 Å². The van der Waals surface area contributed by atoms with Gasteiger partial charge in [-0.25, -0.2) is 9.78 Å². The number of nitrogens with zero attached hydrogens (tertiary/aromatic N) is 1. The first-order chi connectivity index (χ1) is 7.10. The zero-order valence-corrected chi connectivity index (χ0v) is 9.47. The second-order valence-corrected chi connectivity index (χ2v) is 3.43. The summed E-state index contributed by atoms with van der Waals surface area (Å²) in [6.45, 7) is 5.39. The lowest BCUT2D eigenvalue weighted by atomic mass is 10.1. The molecule has 0 radical (unpaired) electrons. The number of rotatable bonds is 3. The fourth-order valence-electron chi connectivity index (χ4n) is 1.21. The van der Waals surface area contributed by atoms with Gasteiger partial charge in [0, 0.05) is 6.42 Å². The van der Waals surface area contributed by atoms with Gasteiger partial charge in [0.25, 0.3) is 0 Å². The van der Waals surface area contributed by atoms with Crippen LogP contribution in [0.5, 0.6) is 0 Å². The molecule has 0 spiro atoms. The monoisotopic (exact) mass is 225 g/mol. The summed E-state index contributed by atoms with van der Waals surface area (Å²) in [5.41, 5.74) is 1.79. The average Bonchev–Trinajstić information content (AvgIpc) is 2.22.